The van der Waals surface area contributed by atoms with E-state index in [0.29, 0.717) is 13.0 Å². The zero-order valence-electron chi connectivity index (χ0n) is 18.5. The molecule has 0 unspecified atom stereocenters. The number of aliphatic hydroxyl groups excluding tert-OH is 1. The molecular formula is C23H32N6O3. The van der Waals surface area contributed by atoms with E-state index in [9.17, 15) is 9.90 Å². The lowest BCUT2D eigenvalue weighted by molar-refractivity contribution is -0.134. The highest BCUT2D eigenvalue weighted by Gasteiger charge is 2.35. The fraction of sp³-hybridized carbons (Fsp3) is 0.652. The van der Waals surface area contributed by atoms with Gasteiger partial charge in [0.1, 0.15) is 0 Å². The molecule has 3 aliphatic heterocycles. The van der Waals surface area contributed by atoms with Gasteiger partial charge in [-0.05, 0) is 44.6 Å². The Bertz CT molecular complexity index is 936. The van der Waals surface area contributed by atoms with Gasteiger partial charge in [-0.15, -0.1) is 0 Å². The van der Waals surface area contributed by atoms with Crippen molar-refractivity contribution >= 4 is 11.9 Å². The molecule has 1 N–H and O–H groups in total. The van der Waals surface area contributed by atoms with Crippen LogP contribution in [0, 0.1) is 0 Å². The van der Waals surface area contributed by atoms with Crippen molar-refractivity contribution in [2.24, 2.45) is 0 Å². The summed E-state index contributed by atoms with van der Waals surface area (Å²) >= 11 is 0. The summed E-state index contributed by atoms with van der Waals surface area (Å²) in [6.07, 6.45) is 10.4. The van der Waals surface area contributed by atoms with Crippen molar-refractivity contribution in [2.45, 2.75) is 63.6 Å². The molecule has 2 aromatic rings. The highest BCUT2D eigenvalue weighted by Crippen LogP contribution is 2.37. The Labute approximate surface area is 188 Å². The largest absolute Gasteiger partial charge is 0.394 e. The number of hydrogen-bond donors (Lipinski definition) is 1. The molecule has 2 aromatic heterocycles. The zero-order valence-corrected chi connectivity index (χ0v) is 18.5. The summed E-state index contributed by atoms with van der Waals surface area (Å²) in [6.45, 7) is 3.88. The van der Waals surface area contributed by atoms with Crippen molar-refractivity contribution < 1.29 is 14.6 Å². The number of rotatable bonds is 7. The minimum Gasteiger partial charge on any atom is -0.394 e. The summed E-state index contributed by atoms with van der Waals surface area (Å²) in [6, 6.07) is 1.83. The molecule has 0 bridgehead atoms. The van der Waals surface area contributed by atoms with E-state index in [1.165, 1.54) is 0 Å². The van der Waals surface area contributed by atoms with Crippen LogP contribution in [0.3, 0.4) is 0 Å². The quantitative estimate of drug-likeness (QED) is 0.705. The molecule has 32 heavy (non-hydrogen) atoms. The van der Waals surface area contributed by atoms with Crippen LogP contribution in [0.1, 0.15) is 56.7 Å². The number of aromatic nitrogens is 4. The molecule has 5 rings (SSSR count). The van der Waals surface area contributed by atoms with E-state index in [-0.39, 0.29) is 24.7 Å². The minimum atomic E-state index is -0.0796. The Morgan fingerprint density at radius 3 is 2.81 bits per heavy atom. The topological polar surface area (TPSA) is 96.6 Å². The van der Waals surface area contributed by atoms with Crippen molar-refractivity contribution in [3.63, 3.8) is 0 Å². The Morgan fingerprint density at radius 1 is 1.16 bits per heavy atom. The number of anilines is 1. The highest BCUT2D eigenvalue weighted by atomic mass is 16.5. The van der Waals surface area contributed by atoms with Crippen LogP contribution >= 0.6 is 0 Å². The summed E-state index contributed by atoms with van der Waals surface area (Å²) in [4.78, 5) is 26.7. The first-order chi connectivity index (χ1) is 15.7. The number of likely N-dealkylation sites (tertiary alicyclic amines) is 1. The van der Waals surface area contributed by atoms with Crippen molar-refractivity contribution in [1.29, 1.82) is 0 Å². The maximum Gasteiger partial charge on any atom is 0.225 e. The van der Waals surface area contributed by atoms with Gasteiger partial charge in [0.15, 0.2) is 0 Å². The number of aliphatic hydroxyl groups is 1. The van der Waals surface area contributed by atoms with Gasteiger partial charge in [0, 0.05) is 44.2 Å². The van der Waals surface area contributed by atoms with E-state index < -0.39 is 0 Å². The van der Waals surface area contributed by atoms with E-state index in [1.807, 2.05) is 17.2 Å². The number of hydrogen-bond acceptors (Lipinski definition) is 7. The molecule has 3 aliphatic rings. The zero-order chi connectivity index (χ0) is 21.9. The van der Waals surface area contributed by atoms with Crippen LogP contribution in [0.2, 0.25) is 0 Å². The van der Waals surface area contributed by atoms with E-state index in [1.54, 1.807) is 10.9 Å². The van der Waals surface area contributed by atoms with Crippen LogP contribution in [0.5, 0.6) is 0 Å². The lowest BCUT2D eigenvalue weighted by Crippen LogP contribution is -2.33. The second kappa shape index (κ2) is 9.54. The third kappa shape index (κ3) is 4.36. The monoisotopic (exact) mass is 440 g/mol. The van der Waals surface area contributed by atoms with E-state index in [0.717, 1.165) is 87.7 Å². The number of ether oxygens (including phenoxy) is 1. The molecular weight excluding hydrogens is 408 g/mol. The van der Waals surface area contributed by atoms with Crippen LogP contribution in [-0.2, 0) is 16.1 Å². The average molecular weight is 441 g/mol. The van der Waals surface area contributed by atoms with Gasteiger partial charge in [0.2, 0.25) is 11.9 Å². The molecule has 172 valence electrons. The molecule has 0 saturated carbocycles. The highest BCUT2D eigenvalue weighted by molar-refractivity contribution is 5.78. The molecule has 9 heteroatoms. The SMILES string of the molecule is O=C(C[C@H]1CCCO1)N1CCC[C@H]1c1nn(CCO)cc1-c1ccnc(N2CCCC2)n1. The van der Waals surface area contributed by atoms with Crippen LogP contribution in [0.15, 0.2) is 18.5 Å². The summed E-state index contributed by atoms with van der Waals surface area (Å²) in [7, 11) is 0. The summed E-state index contributed by atoms with van der Waals surface area (Å²) in [5.74, 6) is 0.890. The van der Waals surface area contributed by atoms with Gasteiger partial charge in [-0.2, -0.15) is 5.10 Å². The Balaban J connectivity index is 1.44. The van der Waals surface area contributed by atoms with Gasteiger partial charge in [-0.1, -0.05) is 0 Å². The van der Waals surface area contributed by atoms with Crippen molar-refractivity contribution in [3.05, 3.63) is 24.2 Å². The third-order valence-electron chi connectivity index (χ3n) is 6.74. The van der Waals surface area contributed by atoms with Gasteiger partial charge in [-0.25, -0.2) is 9.97 Å². The Hall–Kier alpha value is -2.52. The first kappa shape index (κ1) is 21.3. The smallest absolute Gasteiger partial charge is 0.225 e. The molecule has 0 aliphatic carbocycles. The summed E-state index contributed by atoms with van der Waals surface area (Å²) in [5.41, 5.74) is 2.60. The van der Waals surface area contributed by atoms with Gasteiger partial charge in [0.25, 0.3) is 0 Å². The van der Waals surface area contributed by atoms with Crippen LogP contribution < -0.4 is 4.90 Å². The first-order valence-electron chi connectivity index (χ1n) is 11.9. The molecule has 0 radical (unpaired) electrons. The Kier molecular flexibility index (Phi) is 6.36. The van der Waals surface area contributed by atoms with E-state index in [2.05, 4.69) is 9.88 Å². The molecule has 0 spiro atoms. The van der Waals surface area contributed by atoms with Gasteiger partial charge < -0.3 is 19.6 Å². The minimum absolute atomic E-state index is 0.00962. The average Bonchev–Trinajstić information content (AvgIpc) is 3.61. The molecule has 2 atom stereocenters. The van der Waals surface area contributed by atoms with E-state index >= 15 is 0 Å². The molecule has 9 nitrogen and oxygen atoms in total. The van der Waals surface area contributed by atoms with Crippen LogP contribution in [-0.4, -0.2) is 74.6 Å². The standard InChI is InChI=1S/C23H32N6O3/c30-13-12-28-16-18(19-7-8-24-23(25-19)27-9-1-2-10-27)22(26-28)20-6-3-11-29(20)21(31)15-17-5-4-14-32-17/h7-8,16-17,20,30H,1-6,9-15H2/t17-,20+/m1/s1. The van der Waals surface area contributed by atoms with Gasteiger partial charge in [0.05, 0.1) is 43.1 Å². The van der Waals surface area contributed by atoms with Crippen molar-refractivity contribution in [3.8, 4) is 11.3 Å². The van der Waals surface area contributed by atoms with Crippen LogP contribution in [0.4, 0.5) is 5.95 Å². The lowest BCUT2D eigenvalue weighted by atomic mass is 10.0. The maximum absolute atomic E-state index is 13.1. The number of carbonyl (C=O) groups is 1. The van der Waals surface area contributed by atoms with Crippen LogP contribution in [0.25, 0.3) is 11.3 Å². The number of amides is 1. The van der Waals surface area contributed by atoms with E-state index in [4.69, 9.17) is 14.8 Å². The summed E-state index contributed by atoms with van der Waals surface area (Å²) in [5, 5.41) is 14.3. The second-order valence-electron chi connectivity index (χ2n) is 8.94. The number of nitrogens with zero attached hydrogens (tertiary/aromatic N) is 6. The lowest BCUT2D eigenvalue weighted by Gasteiger charge is -2.25. The predicted octanol–water partition coefficient (Wildman–Crippen LogP) is 2.17. The van der Waals surface area contributed by atoms with Crippen molar-refractivity contribution in [1.82, 2.24) is 24.6 Å². The second-order valence-corrected chi connectivity index (χ2v) is 8.94. The summed E-state index contributed by atoms with van der Waals surface area (Å²) < 4.78 is 7.47. The number of carbonyl (C=O) groups excluding carboxylic acids is 1. The third-order valence-corrected chi connectivity index (χ3v) is 6.74. The fourth-order valence-corrected chi connectivity index (χ4v) is 5.13. The molecule has 0 aromatic carbocycles. The maximum atomic E-state index is 13.1. The normalized spacial score (nSPS) is 23.4. The fourth-order valence-electron chi connectivity index (χ4n) is 5.13. The molecule has 5 heterocycles. The van der Waals surface area contributed by atoms with Crippen molar-refractivity contribution in [2.75, 3.05) is 37.7 Å². The van der Waals surface area contributed by atoms with Gasteiger partial charge >= 0.3 is 0 Å². The molecule has 3 saturated heterocycles. The predicted molar refractivity (Wildman–Crippen MR) is 119 cm³/mol. The first-order valence-corrected chi connectivity index (χ1v) is 11.9. The van der Waals surface area contributed by atoms with Gasteiger partial charge in [-0.3, -0.25) is 9.48 Å². The Morgan fingerprint density at radius 2 is 2.03 bits per heavy atom. The molecule has 1 amide bonds. The molecule has 3 fully saturated rings.